The van der Waals surface area contributed by atoms with Crippen molar-refractivity contribution in [2.24, 2.45) is 5.92 Å². The van der Waals surface area contributed by atoms with Crippen LogP contribution in [-0.4, -0.2) is 24.6 Å². The van der Waals surface area contributed by atoms with E-state index < -0.39 is 11.9 Å². The number of carbonyl (C=O) groups is 2. The van der Waals surface area contributed by atoms with Crippen molar-refractivity contribution >= 4 is 11.9 Å². The molecule has 0 aromatic heterocycles. The second kappa shape index (κ2) is 10.1. The van der Waals surface area contributed by atoms with Crippen LogP contribution < -0.4 is 9.84 Å². The minimum absolute atomic E-state index is 0.211. The zero-order valence-corrected chi connectivity index (χ0v) is 14.9. The number of aliphatic carboxylic acids is 1. The predicted molar refractivity (Wildman–Crippen MR) is 92.2 cm³/mol. The Balaban J connectivity index is 1.74. The minimum atomic E-state index is -1.00. The topological polar surface area (TPSA) is 75.7 Å². The smallest absolute Gasteiger partial charge is 0.338 e. The van der Waals surface area contributed by atoms with E-state index in [1.807, 2.05) is 0 Å². The molecule has 5 heteroatoms. The fourth-order valence-electron chi connectivity index (χ4n) is 3.04. The van der Waals surface area contributed by atoms with Gasteiger partial charge < -0.3 is 19.4 Å². The largest absolute Gasteiger partial charge is 0.550 e. The van der Waals surface area contributed by atoms with Crippen LogP contribution in [0, 0.1) is 5.92 Å². The van der Waals surface area contributed by atoms with Crippen molar-refractivity contribution in [3.05, 3.63) is 29.8 Å². The van der Waals surface area contributed by atoms with E-state index in [-0.39, 0.29) is 12.1 Å². The van der Waals surface area contributed by atoms with E-state index in [1.54, 1.807) is 24.3 Å². The normalized spacial score (nSPS) is 20.0. The SMILES string of the molecule is CCCCCCOc1ccc(C(=O)OC2CCC(C(=O)[O-])CC2)cc1. The number of carboxylic acid groups (broad SMARTS) is 1. The molecule has 0 saturated heterocycles. The third-order valence-electron chi connectivity index (χ3n) is 4.64. The van der Waals surface area contributed by atoms with Gasteiger partial charge in [-0.1, -0.05) is 26.2 Å². The standard InChI is InChI=1S/C20H28O5/c1-2-3-4-5-14-24-17-10-8-16(9-11-17)20(23)25-18-12-6-15(7-13-18)19(21)22/h8-11,15,18H,2-7,12-14H2,1H3,(H,21,22)/p-1. The number of benzene rings is 1. The van der Waals surface area contributed by atoms with Gasteiger partial charge in [0.25, 0.3) is 0 Å². The van der Waals surface area contributed by atoms with Crippen LogP contribution in [0.4, 0.5) is 0 Å². The summed E-state index contributed by atoms with van der Waals surface area (Å²) in [5, 5.41) is 10.8. The molecule has 0 N–H and O–H groups in total. The molecule has 1 aliphatic rings. The fraction of sp³-hybridized carbons (Fsp3) is 0.600. The summed E-state index contributed by atoms with van der Waals surface area (Å²) in [6.07, 6.45) is 6.57. The van der Waals surface area contributed by atoms with Crippen LogP contribution in [0.25, 0.3) is 0 Å². The van der Waals surface area contributed by atoms with E-state index in [4.69, 9.17) is 9.47 Å². The van der Waals surface area contributed by atoms with Gasteiger partial charge in [0.15, 0.2) is 0 Å². The number of rotatable bonds is 9. The molecule has 1 fully saturated rings. The highest BCUT2D eigenvalue weighted by molar-refractivity contribution is 5.89. The van der Waals surface area contributed by atoms with Gasteiger partial charge in [-0.2, -0.15) is 0 Å². The Morgan fingerprint density at radius 1 is 1.04 bits per heavy atom. The van der Waals surface area contributed by atoms with Crippen LogP contribution >= 0.6 is 0 Å². The minimum Gasteiger partial charge on any atom is -0.550 e. The lowest BCUT2D eigenvalue weighted by Gasteiger charge is -2.28. The van der Waals surface area contributed by atoms with Crippen LogP contribution in [-0.2, 0) is 9.53 Å². The Kier molecular flexibility index (Phi) is 7.76. The maximum absolute atomic E-state index is 12.2. The molecule has 1 aromatic rings. The van der Waals surface area contributed by atoms with Gasteiger partial charge in [0.1, 0.15) is 11.9 Å². The molecular formula is C20H27O5-. The Morgan fingerprint density at radius 3 is 2.32 bits per heavy atom. The van der Waals surface area contributed by atoms with Crippen LogP contribution in [0.3, 0.4) is 0 Å². The molecule has 0 atom stereocenters. The lowest BCUT2D eigenvalue weighted by Crippen LogP contribution is -2.35. The highest BCUT2D eigenvalue weighted by Crippen LogP contribution is 2.26. The summed E-state index contributed by atoms with van der Waals surface area (Å²) in [5.41, 5.74) is 0.486. The highest BCUT2D eigenvalue weighted by Gasteiger charge is 2.24. The van der Waals surface area contributed by atoms with Gasteiger partial charge in [-0.25, -0.2) is 4.79 Å². The van der Waals surface area contributed by atoms with Crippen LogP contribution in [0.2, 0.25) is 0 Å². The third-order valence-corrected chi connectivity index (χ3v) is 4.64. The van der Waals surface area contributed by atoms with Crippen LogP contribution in [0.1, 0.15) is 68.6 Å². The molecule has 0 amide bonds. The van der Waals surface area contributed by atoms with E-state index in [2.05, 4.69) is 6.92 Å². The summed E-state index contributed by atoms with van der Waals surface area (Å²) in [6.45, 7) is 2.86. The Labute approximate surface area is 149 Å². The third kappa shape index (κ3) is 6.40. The predicted octanol–water partition coefficient (Wildman–Crippen LogP) is 3.11. The molecule has 2 rings (SSSR count). The molecule has 138 valence electrons. The van der Waals surface area contributed by atoms with Gasteiger partial charge in [0.2, 0.25) is 0 Å². The lowest BCUT2D eigenvalue weighted by molar-refractivity contribution is -0.312. The second-order valence-corrected chi connectivity index (χ2v) is 6.63. The zero-order chi connectivity index (χ0) is 18.1. The first-order valence-corrected chi connectivity index (χ1v) is 9.25. The monoisotopic (exact) mass is 347 g/mol. The highest BCUT2D eigenvalue weighted by atomic mass is 16.5. The quantitative estimate of drug-likeness (QED) is 0.507. The molecule has 0 radical (unpaired) electrons. The fourth-order valence-corrected chi connectivity index (χ4v) is 3.04. The maximum Gasteiger partial charge on any atom is 0.338 e. The van der Waals surface area contributed by atoms with Crippen molar-refractivity contribution in [2.45, 2.75) is 64.4 Å². The molecule has 0 heterocycles. The molecule has 1 saturated carbocycles. The summed E-state index contributed by atoms with van der Waals surface area (Å²) in [7, 11) is 0. The summed E-state index contributed by atoms with van der Waals surface area (Å²) in [4.78, 5) is 23.0. The van der Waals surface area contributed by atoms with Gasteiger partial charge in [-0.3, -0.25) is 0 Å². The lowest BCUT2D eigenvalue weighted by atomic mass is 9.87. The molecule has 0 aliphatic heterocycles. The van der Waals surface area contributed by atoms with Crippen molar-refractivity contribution in [2.75, 3.05) is 6.61 Å². The summed E-state index contributed by atoms with van der Waals surface area (Å²) in [6, 6.07) is 6.97. The number of esters is 1. The number of carbonyl (C=O) groups excluding carboxylic acids is 2. The van der Waals surface area contributed by atoms with Crippen molar-refractivity contribution in [1.29, 1.82) is 0 Å². The number of unbranched alkanes of at least 4 members (excludes halogenated alkanes) is 3. The van der Waals surface area contributed by atoms with E-state index in [9.17, 15) is 14.7 Å². The number of ether oxygens (including phenoxy) is 2. The zero-order valence-electron chi connectivity index (χ0n) is 14.9. The molecule has 25 heavy (non-hydrogen) atoms. The molecule has 0 unspecified atom stereocenters. The molecule has 0 bridgehead atoms. The van der Waals surface area contributed by atoms with E-state index in [0.29, 0.717) is 37.9 Å². The Morgan fingerprint density at radius 2 is 1.72 bits per heavy atom. The van der Waals surface area contributed by atoms with Gasteiger partial charge in [0, 0.05) is 5.97 Å². The first-order chi connectivity index (χ1) is 12.1. The van der Waals surface area contributed by atoms with E-state index in [0.717, 1.165) is 12.2 Å². The first-order valence-electron chi connectivity index (χ1n) is 9.25. The summed E-state index contributed by atoms with van der Waals surface area (Å²) in [5.74, 6) is -1.03. The van der Waals surface area contributed by atoms with E-state index in [1.165, 1.54) is 19.3 Å². The van der Waals surface area contributed by atoms with Gasteiger partial charge >= 0.3 is 5.97 Å². The number of hydrogen-bond acceptors (Lipinski definition) is 5. The molecule has 5 nitrogen and oxygen atoms in total. The molecule has 1 aromatic carbocycles. The van der Waals surface area contributed by atoms with Gasteiger partial charge in [0.05, 0.1) is 12.2 Å². The van der Waals surface area contributed by atoms with Gasteiger partial charge in [-0.05, 0) is 62.3 Å². The van der Waals surface area contributed by atoms with Crippen molar-refractivity contribution in [1.82, 2.24) is 0 Å². The van der Waals surface area contributed by atoms with Crippen LogP contribution in [0.5, 0.6) is 5.75 Å². The van der Waals surface area contributed by atoms with E-state index >= 15 is 0 Å². The average Bonchev–Trinajstić information content (AvgIpc) is 2.62. The number of carboxylic acids is 1. The first kappa shape index (κ1) is 19.3. The van der Waals surface area contributed by atoms with Crippen molar-refractivity contribution in [3.63, 3.8) is 0 Å². The average molecular weight is 347 g/mol. The van der Waals surface area contributed by atoms with Crippen molar-refractivity contribution in [3.8, 4) is 5.75 Å². The Bertz CT molecular complexity index is 544. The second-order valence-electron chi connectivity index (χ2n) is 6.63. The van der Waals surface area contributed by atoms with Gasteiger partial charge in [-0.15, -0.1) is 0 Å². The summed E-state index contributed by atoms with van der Waals surface area (Å²) >= 11 is 0. The molecule has 0 spiro atoms. The molecular weight excluding hydrogens is 320 g/mol. The maximum atomic E-state index is 12.2. The number of hydrogen-bond donors (Lipinski definition) is 0. The van der Waals surface area contributed by atoms with Crippen LogP contribution in [0.15, 0.2) is 24.3 Å². The Hall–Kier alpha value is -2.04. The van der Waals surface area contributed by atoms with Crippen molar-refractivity contribution < 1.29 is 24.2 Å². The molecule has 1 aliphatic carbocycles. The summed E-state index contributed by atoms with van der Waals surface area (Å²) < 4.78 is 11.1.